The van der Waals surface area contributed by atoms with Crippen molar-refractivity contribution in [3.63, 3.8) is 0 Å². The molecule has 0 amide bonds. The zero-order valence-corrected chi connectivity index (χ0v) is 8.41. The Morgan fingerprint density at radius 2 is 1.20 bits per heavy atom. The number of unbranched alkanes of at least 4 members (excludes halogenated alkanes) is 2. The molecule has 0 saturated heterocycles. The summed E-state index contributed by atoms with van der Waals surface area (Å²) in [6.45, 7) is 11.1. The molecule has 0 heterocycles. The summed E-state index contributed by atoms with van der Waals surface area (Å²) >= 11 is 0. The monoisotopic (exact) mass is 149 g/mol. The number of hydrogen-bond acceptors (Lipinski definition) is 1. The predicted octanol–water partition coefficient (Wildman–Crippen LogP) is 3.43. The normalized spacial score (nSPS) is 6.60. The highest BCUT2D eigenvalue weighted by Crippen LogP contribution is 1.88. The molecule has 0 aliphatic carbocycles. The molecular formula is C9H27N. The zero-order chi connectivity index (χ0) is 8.83. The van der Waals surface area contributed by atoms with Gasteiger partial charge in [-0.2, -0.15) is 0 Å². The summed E-state index contributed by atoms with van der Waals surface area (Å²) in [5.41, 5.74) is 4.85. The highest BCUT2D eigenvalue weighted by atomic mass is 14.5. The minimum atomic E-state index is 0. The fourth-order valence-electron chi connectivity index (χ4n) is 0.354. The lowest BCUT2D eigenvalue weighted by Gasteiger charge is -1.79. The third-order valence-corrected chi connectivity index (χ3v) is 0.707. The minimum Gasteiger partial charge on any atom is -0.331 e. The largest absolute Gasteiger partial charge is 0.331 e. The van der Waals surface area contributed by atoms with Crippen LogP contribution in [0.3, 0.4) is 0 Å². The van der Waals surface area contributed by atoms with Gasteiger partial charge in [-0.3, -0.25) is 0 Å². The average molecular weight is 149 g/mol. The average Bonchev–Trinajstić information content (AvgIpc) is 1.96. The van der Waals surface area contributed by atoms with Gasteiger partial charge in [-0.15, -0.1) is 0 Å². The second kappa shape index (κ2) is 36.2. The molecule has 0 aromatic heterocycles. The van der Waals surface area contributed by atoms with Crippen LogP contribution in [0, 0.1) is 0 Å². The van der Waals surface area contributed by atoms with Gasteiger partial charge in [0.25, 0.3) is 0 Å². The molecular weight excluding hydrogens is 122 g/mol. The highest BCUT2D eigenvalue weighted by Gasteiger charge is 1.68. The van der Waals surface area contributed by atoms with Crippen LogP contribution in [-0.2, 0) is 0 Å². The standard InChI is InChI=1S/C5H12.C2H7N.C2H6.H2/c1-3-5-4-2;1-2-3;1-2;/h3-5H2,1-2H3;2-3H2,1H3;1-2H3;1H. The maximum absolute atomic E-state index is 4.85. The van der Waals surface area contributed by atoms with E-state index in [9.17, 15) is 0 Å². The SMILES string of the molecule is CC.CCCCC.CCN.[HH]. The Labute approximate surface area is 68.5 Å². The number of hydrogen-bond donors (Lipinski definition) is 1. The molecule has 0 saturated carbocycles. The van der Waals surface area contributed by atoms with E-state index in [1.54, 1.807) is 0 Å². The van der Waals surface area contributed by atoms with E-state index in [-0.39, 0.29) is 1.43 Å². The molecule has 10 heavy (non-hydrogen) atoms. The molecule has 0 aliphatic rings. The van der Waals surface area contributed by atoms with Crippen LogP contribution in [0.25, 0.3) is 0 Å². The van der Waals surface area contributed by atoms with Crippen LogP contribution in [0.15, 0.2) is 0 Å². The molecule has 0 unspecified atom stereocenters. The predicted molar refractivity (Wildman–Crippen MR) is 53.4 cm³/mol. The minimum absolute atomic E-state index is 0. The van der Waals surface area contributed by atoms with Crippen LogP contribution in [0.5, 0.6) is 0 Å². The molecule has 0 aliphatic heterocycles. The van der Waals surface area contributed by atoms with Gasteiger partial charge in [0.05, 0.1) is 0 Å². The Morgan fingerprint density at radius 3 is 1.20 bits per heavy atom. The van der Waals surface area contributed by atoms with Crippen LogP contribution < -0.4 is 5.73 Å². The third kappa shape index (κ3) is 100. The van der Waals surface area contributed by atoms with Gasteiger partial charge in [0.1, 0.15) is 0 Å². The van der Waals surface area contributed by atoms with Crippen molar-refractivity contribution >= 4 is 0 Å². The van der Waals surface area contributed by atoms with Gasteiger partial charge < -0.3 is 5.73 Å². The van der Waals surface area contributed by atoms with Crippen LogP contribution in [0.4, 0.5) is 0 Å². The molecule has 0 radical (unpaired) electrons. The summed E-state index contributed by atoms with van der Waals surface area (Å²) in [6, 6.07) is 0. The molecule has 0 aromatic carbocycles. The van der Waals surface area contributed by atoms with E-state index in [1.165, 1.54) is 19.3 Å². The molecule has 0 aromatic rings. The van der Waals surface area contributed by atoms with E-state index in [0.29, 0.717) is 0 Å². The van der Waals surface area contributed by atoms with Crippen molar-refractivity contribution in [3.05, 3.63) is 0 Å². The Morgan fingerprint density at radius 1 is 1.00 bits per heavy atom. The lowest BCUT2D eigenvalue weighted by Crippen LogP contribution is -1.87. The summed E-state index contributed by atoms with van der Waals surface area (Å²) in [6.07, 6.45) is 4.08. The maximum Gasteiger partial charge on any atom is 0 e. The molecule has 0 bridgehead atoms. The van der Waals surface area contributed by atoms with Gasteiger partial charge in [0.2, 0.25) is 0 Å². The first-order valence-corrected chi connectivity index (χ1v) is 4.53. The van der Waals surface area contributed by atoms with Crippen LogP contribution in [-0.4, -0.2) is 6.54 Å². The first-order valence-electron chi connectivity index (χ1n) is 4.53. The van der Waals surface area contributed by atoms with E-state index in [4.69, 9.17) is 5.73 Å². The first kappa shape index (κ1) is 16.5. The number of nitrogens with two attached hydrogens (primary N) is 1. The van der Waals surface area contributed by atoms with Crippen LogP contribution in [0.2, 0.25) is 0 Å². The fraction of sp³-hybridized carbons (Fsp3) is 1.00. The Balaban J connectivity index is -0.0000000360. The summed E-state index contributed by atoms with van der Waals surface area (Å²) in [5.74, 6) is 0. The molecule has 68 valence electrons. The van der Waals surface area contributed by atoms with Gasteiger partial charge >= 0.3 is 0 Å². The van der Waals surface area contributed by atoms with Gasteiger partial charge in [0, 0.05) is 1.43 Å². The molecule has 0 rings (SSSR count). The quantitative estimate of drug-likeness (QED) is 0.639. The van der Waals surface area contributed by atoms with Gasteiger partial charge in [0.15, 0.2) is 0 Å². The Hall–Kier alpha value is -0.0400. The van der Waals surface area contributed by atoms with Crippen molar-refractivity contribution < 1.29 is 1.43 Å². The maximum atomic E-state index is 4.85. The topological polar surface area (TPSA) is 26.0 Å². The van der Waals surface area contributed by atoms with Crippen molar-refractivity contribution in [2.45, 2.75) is 53.9 Å². The smallest absolute Gasteiger partial charge is 0 e. The molecule has 0 fully saturated rings. The Bertz CT molecular complexity index is 23.5. The molecule has 1 heteroatoms. The Kier molecular flexibility index (Phi) is 59.8. The lowest BCUT2D eigenvalue weighted by atomic mass is 10.3. The number of rotatable bonds is 2. The van der Waals surface area contributed by atoms with Crippen molar-refractivity contribution in [1.82, 2.24) is 0 Å². The van der Waals surface area contributed by atoms with E-state index < -0.39 is 0 Å². The fourth-order valence-corrected chi connectivity index (χ4v) is 0.354. The van der Waals surface area contributed by atoms with Crippen LogP contribution >= 0.6 is 0 Å². The summed E-state index contributed by atoms with van der Waals surface area (Å²) in [5, 5.41) is 0. The van der Waals surface area contributed by atoms with Crippen molar-refractivity contribution in [1.29, 1.82) is 0 Å². The highest BCUT2D eigenvalue weighted by molar-refractivity contribution is 4.24. The van der Waals surface area contributed by atoms with Gasteiger partial charge in [-0.05, 0) is 6.54 Å². The molecule has 0 spiro atoms. The summed E-state index contributed by atoms with van der Waals surface area (Å²) in [7, 11) is 0. The lowest BCUT2D eigenvalue weighted by molar-refractivity contribution is 0.772. The third-order valence-electron chi connectivity index (χ3n) is 0.707. The van der Waals surface area contributed by atoms with E-state index in [1.807, 2.05) is 20.8 Å². The summed E-state index contributed by atoms with van der Waals surface area (Å²) in [4.78, 5) is 0. The van der Waals surface area contributed by atoms with Crippen molar-refractivity contribution in [2.75, 3.05) is 6.54 Å². The van der Waals surface area contributed by atoms with Gasteiger partial charge in [-0.1, -0.05) is 53.9 Å². The van der Waals surface area contributed by atoms with Crippen LogP contribution in [0.1, 0.15) is 55.3 Å². The first-order chi connectivity index (χ1) is 4.83. The second-order valence-corrected chi connectivity index (χ2v) is 1.76. The van der Waals surface area contributed by atoms with E-state index >= 15 is 0 Å². The van der Waals surface area contributed by atoms with Crippen molar-refractivity contribution in [2.24, 2.45) is 5.73 Å². The zero-order valence-electron chi connectivity index (χ0n) is 8.41. The molecule has 0 atom stereocenters. The molecule has 2 N–H and O–H groups in total. The van der Waals surface area contributed by atoms with Gasteiger partial charge in [-0.25, -0.2) is 0 Å². The van der Waals surface area contributed by atoms with E-state index in [2.05, 4.69) is 13.8 Å². The molecule has 1 nitrogen and oxygen atoms in total. The second-order valence-electron chi connectivity index (χ2n) is 1.76. The van der Waals surface area contributed by atoms with Crippen molar-refractivity contribution in [3.8, 4) is 0 Å². The summed E-state index contributed by atoms with van der Waals surface area (Å²) < 4.78 is 0. The van der Waals surface area contributed by atoms with E-state index in [0.717, 1.165) is 6.54 Å².